The van der Waals surface area contributed by atoms with Crippen LogP contribution in [0.5, 0.6) is 0 Å². The number of benzene rings is 1. The van der Waals surface area contributed by atoms with E-state index in [9.17, 15) is 4.39 Å². The van der Waals surface area contributed by atoms with Crippen molar-refractivity contribution in [1.82, 2.24) is 4.90 Å². The first kappa shape index (κ1) is 16.0. The summed E-state index contributed by atoms with van der Waals surface area (Å²) in [6.07, 6.45) is 5.06. The van der Waals surface area contributed by atoms with Crippen molar-refractivity contribution in [3.63, 3.8) is 0 Å². The van der Waals surface area contributed by atoms with Crippen molar-refractivity contribution >= 4 is 0 Å². The second-order valence-electron chi connectivity index (χ2n) is 6.15. The van der Waals surface area contributed by atoms with Crippen LogP contribution in [0.3, 0.4) is 0 Å². The molecular weight excluding hydrogens is 263 g/mol. The van der Waals surface area contributed by atoms with Crippen molar-refractivity contribution in [2.24, 2.45) is 11.7 Å². The Bertz CT molecular complexity index is 530. The Balaban J connectivity index is 2.01. The van der Waals surface area contributed by atoms with Gasteiger partial charge in [-0.15, -0.1) is 0 Å². The lowest BCUT2D eigenvalue weighted by Crippen LogP contribution is -2.35. The van der Waals surface area contributed by atoms with Gasteiger partial charge < -0.3 is 5.73 Å². The van der Waals surface area contributed by atoms with Crippen molar-refractivity contribution in [3.8, 4) is 11.8 Å². The maximum absolute atomic E-state index is 14.2. The molecule has 0 amide bonds. The first-order valence-corrected chi connectivity index (χ1v) is 7.77. The van der Waals surface area contributed by atoms with Crippen LogP contribution in [0.15, 0.2) is 18.2 Å². The summed E-state index contributed by atoms with van der Waals surface area (Å²) in [6, 6.07) is 5.80. The van der Waals surface area contributed by atoms with Gasteiger partial charge in [-0.25, -0.2) is 4.39 Å². The van der Waals surface area contributed by atoms with Crippen molar-refractivity contribution < 1.29 is 4.39 Å². The number of halogens is 1. The molecule has 1 aromatic rings. The van der Waals surface area contributed by atoms with Crippen LogP contribution in [0.1, 0.15) is 43.7 Å². The molecule has 21 heavy (non-hydrogen) atoms. The fourth-order valence-corrected chi connectivity index (χ4v) is 3.11. The third-order valence-corrected chi connectivity index (χ3v) is 4.34. The van der Waals surface area contributed by atoms with E-state index >= 15 is 0 Å². The molecule has 0 aromatic heterocycles. The van der Waals surface area contributed by atoms with Crippen LogP contribution in [-0.2, 0) is 6.54 Å². The zero-order valence-corrected chi connectivity index (χ0v) is 13.0. The van der Waals surface area contributed by atoms with Crippen LogP contribution in [0.2, 0.25) is 0 Å². The predicted molar refractivity (Wildman–Crippen MR) is 85.2 cm³/mol. The molecule has 1 saturated carbocycles. The highest BCUT2D eigenvalue weighted by molar-refractivity contribution is 5.37. The minimum absolute atomic E-state index is 0.172. The first-order valence-electron chi connectivity index (χ1n) is 7.77. The molecule has 0 saturated heterocycles. The number of hydrogen-bond donors (Lipinski definition) is 1. The maximum atomic E-state index is 14.2. The van der Waals surface area contributed by atoms with Gasteiger partial charge >= 0.3 is 0 Å². The second-order valence-corrected chi connectivity index (χ2v) is 6.15. The Labute approximate surface area is 127 Å². The molecule has 114 valence electrons. The molecule has 2 N–H and O–H groups in total. The van der Waals surface area contributed by atoms with Crippen LogP contribution in [0.4, 0.5) is 4.39 Å². The van der Waals surface area contributed by atoms with Crippen molar-refractivity contribution in [3.05, 3.63) is 35.1 Å². The zero-order chi connectivity index (χ0) is 15.2. The highest BCUT2D eigenvalue weighted by atomic mass is 19.1. The number of nitrogens with two attached hydrogens (primary N) is 1. The zero-order valence-electron chi connectivity index (χ0n) is 13.0. The molecule has 0 aliphatic heterocycles. The van der Waals surface area contributed by atoms with E-state index in [-0.39, 0.29) is 5.82 Å². The van der Waals surface area contributed by atoms with Gasteiger partial charge in [0.25, 0.3) is 0 Å². The smallest absolute Gasteiger partial charge is 0.128 e. The minimum Gasteiger partial charge on any atom is -0.320 e. The Morgan fingerprint density at radius 1 is 1.38 bits per heavy atom. The fourth-order valence-electron chi connectivity index (χ4n) is 3.11. The summed E-state index contributed by atoms with van der Waals surface area (Å²) in [6.45, 7) is 3.27. The van der Waals surface area contributed by atoms with E-state index in [2.05, 4.69) is 30.7 Å². The van der Waals surface area contributed by atoms with Crippen LogP contribution >= 0.6 is 0 Å². The molecule has 2 atom stereocenters. The molecule has 2 unspecified atom stereocenters. The Hall–Kier alpha value is -1.37. The van der Waals surface area contributed by atoms with Crippen LogP contribution < -0.4 is 5.73 Å². The van der Waals surface area contributed by atoms with E-state index < -0.39 is 0 Å². The van der Waals surface area contributed by atoms with E-state index in [4.69, 9.17) is 5.73 Å². The summed E-state index contributed by atoms with van der Waals surface area (Å²) in [5.74, 6) is 6.23. The van der Waals surface area contributed by atoms with Gasteiger partial charge in [-0.05, 0) is 37.9 Å². The van der Waals surface area contributed by atoms with Crippen LogP contribution in [-0.4, -0.2) is 24.5 Å². The predicted octanol–water partition coefficient (Wildman–Crippen LogP) is 3.15. The first-order chi connectivity index (χ1) is 10.1. The Morgan fingerprint density at radius 3 is 2.86 bits per heavy atom. The molecule has 0 bridgehead atoms. The average Bonchev–Trinajstić information content (AvgIpc) is 2.47. The Morgan fingerprint density at radius 2 is 2.19 bits per heavy atom. The van der Waals surface area contributed by atoms with Gasteiger partial charge in [0.1, 0.15) is 5.82 Å². The van der Waals surface area contributed by atoms with Crippen LogP contribution in [0.25, 0.3) is 0 Å². The van der Waals surface area contributed by atoms with E-state index in [1.807, 2.05) is 12.1 Å². The summed E-state index contributed by atoms with van der Waals surface area (Å²) in [5, 5.41) is 0. The number of rotatable bonds is 3. The largest absolute Gasteiger partial charge is 0.320 e. The van der Waals surface area contributed by atoms with Gasteiger partial charge in [0.15, 0.2) is 0 Å². The van der Waals surface area contributed by atoms with Crippen molar-refractivity contribution in [2.75, 3.05) is 13.6 Å². The van der Waals surface area contributed by atoms with Gasteiger partial charge in [-0.2, -0.15) is 0 Å². The van der Waals surface area contributed by atoms with Gasteiger partial charge in [0.05, 0.1) is 6.54 Å². The number of hydrogen-bond acceptors (Lipinski definition) is 2. The molecule has 0 heterocycles. The molecule has 2 rings (SSSR count). The second kappa shape index (κ2) is 7.59. The minimum atomic E-state index is -0.172. The average molecular weight is 288 g/mol. The van der Waals surface area contributed by atoms with Crippen LogP contribution in [0, 0.1) is 23.6 Å². The SMILES string of the molecule is CC1CCCC(N(C)Cc2ccc(C#CCN)cc2F)C1. The molecule has 2 nitrogen and oxygen atoms in total. The van der Waals surface area contributed by atoms with Gasteiger partial charge in [-0.1, -0.05) is 37.7 Å². The maximum Gasteiger partial charge on any atom is 0.128 e. The normalized spacial score (nSPS) is 22.0. The van der Waals surface area contributed by atoms with E-state index in [0.29, 0.717) is 24.7 Å². The fraction of sp³-hybridized carbons (Fsp3) is 0.556. The molecular formula is C18H25FN2. The molecule has 0 spiro atoms. The monoisotopic (exact) mass is 288 g/mol. The molecule has 1 aliphatic rings. The third-order valence-electron chi connectivity index (χ3n) is 4.34. The van der Waals surface area contributed by atoms with Gasteiger partial charge in [-0.3, -0.25) is 4.90 Å². The molecule has 1 aliphatic carbocycles. The quantitative estimate of drug-likeness (QED) is 0.866. The summed E-state index contributed by atoms with van der Waals surface area (Å²) in [5.41, 5.74) is 6.76. The molecule has 0 radical (unpaired) electrons. The summed E-state index contributed by atoms with van der Waals surface area (Å²) < 4.78 is 14.2. The van der Waals surface area contributed by atoms with Crippen molar-refractivity contribution in [1.29, 1.82) is 0 Å². The summed E-state index contributed by atoms with van der Waals surface area (Å²) in [7, 11) is 2.10. The lowest BCUT2D eigenvalue weighted by Gasteiger charge is -2.34. The van der Waals surface area contributed by atoms with Crippen molar-refractivity contribution in [2.45, 2.75) is 45.2 Å². The highest BCUT2D eigenvalue weighted by Crippen LogP contribution is 2.27. The Kier molecular flexibility index (Phi) is 5.78. The lowest BCUT2D eigenvalue weighted by molar-refractivity contribution is 0.156. The van der Waals surface area contributed by atoms with E-state index in [1.165, 1.54) is 31.7 Å². The highest BCUT2D eigenvalue weighted by Gasteiger charge is 2.22. The van der Waals surface area contributed by atoms with E-state index in [0.717, 1.165) is 11.5 Å². The lowest BCUT2D eigenvalue weighted by atomic mass is 9.86. The molecule has 1 fully saturated rings. The third kappa shape index (κ3) is 4.56. The van der Waals surface area contributed by atoms with E-state index in [1.54, 1.807) is 0 Å². The molecule has 3 heteroatoms. The summed E-state index contributed by atoms with van der Waals surface area (Å²) in [4.78, 5) is 2.29. The molecule has 1 aromatic carbocycles. The topological polar surface area (TPSA) is 29.3 Å². The standard InChI is InChI=1S/C18H25FN2/c1-14-5-3-7-17(11-14)21(2)13-16-9-8-15(6-4-10-20)12-18(16)19/h8-9,12,14,17H,3,5,7,10-11,13,20H2,1-2H3. The number of nitrogens with zero attached hydrogens (tertiary/aromatic N) is 1. The van der Waals surface area contributed by atoms with Gasteiger partial charge in [0.2, 0.25) is 0 Å². The summed E-state index contributed by atoms with van der Waals surface area (Å²) >= 11 is 0. The van der Waals surface area contributed by atoms with Gasteiger partial charge in [0, 0.05) is 23.7 Å².